The number of pyridine rings is 1. The van der Waals surface area contributed by atoms with E-state index in [9.17, 15) is 27.2 Å². The SMILES string of the molecule is Cc1nn(C)c2ncc(N(C=O)C(=O)Nc3ccc(F)c(C(F)(F)F)c3)c(N3CCN(C)CC3)c12. The normalized spacial score (nSPS) is 14.9. The number of halogens is 4. The highest BCUT2D eigenvalue weighted by Gasteiger charge is 2.35. The molecule has 35 heavy (non-hydrogen) atoms. The maximum atomic E-state index is 13.6. The van der Waals surface area contributed by atoms with Crippen LogP contribution in [0.15, 0.2) is 24.4 Å². The summed E-state index contributed by atoms with van der Waals surface area (Å²) in [6, 6.07) is 1.05. The molecule has 186 valence electrons. The maximum absolute atomic E-state index is 13.6. The molecule has 1 fully saturated rings. The number of amides is 3. The largest absolute Gasteiger partial charge is 0.419 e. The minimum atomic E-state index is -4.95. The van der Waals surface area contributed by atoms with E-state index >= 15 is 0 Å². The van der Waals surface area contributed by atoms with Crippen LogP contribution in [0.2, 0.25) is 0 Å². The summed E-state index contributed by atoms with van der Waals surface area (Å²) in [5.41, 5.74) is 0.0866. The van der Waals surface area contributed by atoms with Crippen molar-refractivity contribution in [2.75, 3.05) is 48.3 Å². The van der Waals surface area contributed by atoms with E-state index in [4.69, 9.17) is 0 Å². The maximum Gasteiger partial charge on any atom is 0.419 e. The molecule has 4 rings (SSSR count). The molecule has 0 atom stereocenters. The molecule has 0 unspecified atom stereocenters. The first-order valence-electron chi connectivity index (χ1n) is 10.7. The number of alkyl halides is 3. The van der Waals surface area contributed by atoms with E-state index in [2.05, 4.69) is 20.3 Å². The van der Waals surface area contributed by atoms with E-state index < -0.39 is 23.6 Å². The van der Waals surface area contributed by atoms with Crippen LogP contribution in [-0.4, -0.2) is 65.3 Å². The van der Waals surface area contributed by atoms with E-state index in [1.165, 1.54) is 6.20 Å². The predicted octanol–water partition coefficient (Wildman–Crippen LogP) is 3.38. The number of nitrogens with one attached hydrogen (secondary N) is 1. The number of carbonyl (C=O) groups excluding carboxylic acids is 2. The number of hydrogen-bond donors (Lipinski definition) is 1. The first kappa shape index (κ1) is 24.4. The van der Waals surface area contributed by atoms with Crippen LogP contribution in [0.4, 0.5) is 39.4 Å². The molecule has 1 aliphatic rings. The standard InChI is InChI=1S/C22H23F4N7O2/c1-13-18-19(32-8-6-30(2)7-9-32)17(11-27-20(18)31(3)29-13)33(12-34)21(35)28-14-4-5-16(23)15(10-14)22(24,25)26/h4-5,10-12H,6-9H2,1-3H3,(H,28,35). The van der Waals surface area contributed by atoms with E-state index in [1.54, 1.807) is 18.7 Å². The number of fused-ring (bicyclic) bond motifs is 1. The number of aromatic nitrogens is 3. The van der Waals surface area contributed by atoms with Crippen LogP contribution in [0.1, 0.15) is 11.3 Å². The molecule has 0 saturated carbocycles. The van der Waals surface area contributed by atoms with Crippen LogP contribution in [0.5, 0.6) is 0 Å². The van der Waals surface area contributed by atoms with Crippen molar-refractivity contribution in [1.82, 2.24) is 19.7 Å². The Balaban J connectivity index is 1.76. The Morgan fingerprint density at radius 3 is 2.49 bits per heavy atom. The molecular formula is C22H23F4N7O2. The lowest BCUT2D eigenvalue weighted by Gasteiger charge is -2.36. The zero-order chi connectivity index (χ0) is 25.5. The van der Waals surface area contributed by atoms with Crippen LogP contribution in [-0.2, 0) is 18.0 Å². The van der Waals surface area contributed by atoms with Gasteiger partial charge in [0.05, 0.1) is 34.2 Å². The Morgan fingerprint density at radius 2 is 1.86 bits per heavy atom. The number of piperazine rings is 1. The van der Waals surface area contributed by atoms with E-state index in [1.807, 2.05) is 11.9 Å². The number of rotatable bonds is 4. The Labute approximate surface area is 197 Å². The van der Waals surface area contributed by atoms with Crippen LogP contribution in [0, 0.1) is 12.7 Å². The molecule has 0 radical (unpaired) electrons. The van der Waals surface area contributed by atoms with Gasteiger partial charge < -0.3 is 15.1 Å². The Hall–Kier alpha value is -3.74. The third-order valence-electron chi connectivity index (χ3n) is 5.91. The van der Waals surface area contributed by atoms with Crippen LogP contribution in [0.25, 0.3) is 11.0 Å². The van der Waals surface area contributed by atoms with E-state index in [0.29, 0.717) is 47.6 Å². The summed E-state index contributed by atoms with van der Waals surface area (Å²) in [6.45, 7) is 4.49. The molecule has 0 aliphatic carbocycles. The smallest absolute Gasteiger partial charge is 0.367 e. The lowest BCUT2D eigenvalue weighted by Crippen LogP contribution is -2.45. The molecule has 9 nitrogen and oxygen atoms in total. The quantitative estimate of drug-likeness (QED) is 0.443. The number of nitrogens with zero attached hydrogens (tertiary/aromatic N) is 6. The van der Waals surface area contributed by atoms with Gasteiger partial charge in [0.25, 0.3) is 0 Å². The van der Waals surface area contributed by atoms with Crippen molar-refractivity contribution < 1.29 is 27.2 Å². The molecule has 0 bridgehead atoms. The Kier molecular flexibility index (Phi) is 6.36. The van der Waals surface area contributed by atoms with Gasteiger partial charge in [-0.2, -0.15) is 18.3 Å². The van der Waals surface area contributed by atoms with Gasteiger partial charge in [-0.05, 0) is 32.2 Å². The van der Waals surface area contributed by atoms with Gasteiger partial charge in [0.1, 0.15) is 5.82 Å². The molecule has 2 aromatic heterocycles. The van der Waals surface area contributed by atoms with Crippen molar-refractivity contribution in [2.24, 2.45) is 7.05 Å². The molecule has 1 saturated heterocycles. The number of likely N-dealkylation sites (N-methyl/N-ethyl adjacent to an activating group) is 1. The highest BCUT2D eigenvalue weighted by molar-refractivity contribution is 6.16. The summed E-state index contributed by atoms with van der Waals surface area (Å²) < 4.78 is 54.5. The van der Waals surface area contributed by atoms with E-state index in [0.717, 1.165) is 24.1 Å². The first-order valence-corrected chi connectivity index (χ1v) is 10.7. The second kappa shape index (κ2) is 9.13. The van der Waals surface area contributed by atoms with Crippen LogP contribution >= 0.6 is 0 Å². The molecule has 3 aromatic rings. The summed E-state index contributed by atoms with van der Waals surface area (Å²) >= 11 is 0. The highest BCUT2D eigenvalue weighted by atomic mass is 19.4. The molecule has 1 N–H and O–H groups in total. The molecule has 1 aliphatic heterocycles. The van der Waals surface area contributed by atoms with Gasteiger partial charge in [-0.25, -0.2) is 19.1 Å². The third-order valence-corrected chi connectivity index (χ3v) is 5.91. The molecule has 1 aromatic carbocycles. The number of aryl methyl sites for hydroxylation is 2. The van der Waals surface area contributed by atoms with Gasteiger partial charge in [0, 0.05) is 38.9 Å². The lowest BCUT2D eigenvalue weighted by atomic mass is 10.1. The second-order valence-corrected chi connectivity index (χ2v) is 8.29. The number of benzene rings is 1. The molecular weight excluding hydrogens is 470 g/mol. The number of anilines is 3. The summed E-state index contributed by atoms with van der Waals surface area (Å²) in [7, 11) is 3.71. The number of carbonyl (C=O) groups is 2. The average Bonchev–Trinajstić information content (AvgIpc) is 3.09. The van der Waals surface area contributed by atoms with Gasteiger partial charge in [-0.1, -0.05) is 0 Å². The Bertz CT molecular complexity index is 1280. The van der Waals surface area contributed by atoms with Crippen molar-refractivity contribution in [1.29, 1.82) is 0 Å². The first-order chi connectivity index (χ1) is 16.5. The minimum absolute atomic E-state index is 0.156. The van der Waals surface area contributed by atoms with Crippen LogP contribution in [0.3, 0.4) is 0 Å². The summed E-state index contributed by atoms with van der Waals surface area (Å²) in [5, 5.41) is 7.32. The second-order valence-electron chi connectivity index (χ2n) is 8.29. The van der Waals surface area contributed by atoms with Gasteiger partial charge >= 0.3 is 12.2 Å². The van der Waals surface area contributed by atoms with Gasteiger partial charge in [0.15, 0.2) is 5.65 Å². The fourth-order valence-corrected chi connectivity index (χ4v) is 4.13. The minimum Gasteiger partial charge on any atom is -0.367 e. The summed E-state index contributed by atoms with van der Waals surface area (Å²) in [6.07, 6.45) is -3.33. The molecule has 3 amide bonds. The monoisotopic (exact) mass is 493 g/mol. The number of urea groups is 1. The molecule has 0 spiro atoms. The van der Waals surface area contributed by atoms with Gasteiger partial charge in [-0.3, -0.25) is 9.48 Å². The predicted molar refractivity (Wildman–Crippen MR) is 122 cm³/mol. The average molecular weight is 493 g/mol. The van der Waals surface area contributed by atoms with Crippen molar-refractivity contribution in [3.63, 3.8) is 0 Å². The lowest BCUT2D eigenvalue weighted by molar-refractivity contribution is -0.139. The van der Waals surface area contributed by atoms with E-state index in [-0.39, 0.29) is 17.8 Å². The number of imide groups is 1. The summed E-state index contributed by atoms with van der Waals surface area (Å²) in [4.78, 5) is 34.4. The van der Waals surface area contributed by atoms with Gasteiger partial charge in [-0.15, -0.1) is 0 Å². The topological polar surface area (TPSA) is 86.6 Å². The van der Waals surface area contributed by atoms with Crippen molar-refractivity contribution >= 4 is 40.5 Å². The van der Waals surface area contributed by atoms with Crippen LogP contribution < -0.4 is 15.1 Å². The number of hydrogen-bond acceptors (Lipinski definition) is 6. The van der Waals surface area contributed by atoms with Crippen molar-refractivity contribution in [3.05, 3.63) is 41.5 Å². The fraction of sp³-hybridized carbons (Fsp3) is 0.364. The third kappa shape index (κ3) is 4.63. The van der Waals surface area contributed by atoms with Gasteiger partial charge in [0.2, 0.25) is 6.41 Å². The molecule has 13 heteroatoms. The van der Waals surface area contributed by atoms with Crippen molar-refractivity contribution in [2.45, 2.75) is 13.1 Å². The zero-order valence-electron chi connectivity index (χ0n) is 19.2. The fourth-order valence-electron chi connectivity index (χ4n) is 4.13. The Morgan fingerprint density at radius 1 is 1.17 bits per heavy atom. The summed E-state index contributed by atoms with van der Waals surface area (Å²) in [5.74, 6) is -1.47. The van der Waals surface area contributed by atoms with Crippen molar-refractivity contribution in [3.8, 4) is 0 Å². The highest BCUT2D eigenvalue weighted by Crippen LogP contribution is 2.38. The molecule has 3 heterocycles. The zero-order valence-corrected chi connectivity index (χ0v) is 19.2.